The lowest BCUT2D eigenvalue weighted by molar-refractivity contribution is 0.0523. The number of benzene rings is 1. The summed E-state index contributed by atoms with van der Waals surface area (Å²) in [7, 11) is 0. The van der Waals surface area contributed by atoms with E-state index in [-0.39, 0.29) is 11.7 Å². The van der Waals surface area contributed by atoms with Crippen LogP contribution in [0.4, 0.5) is 4.39 Å². The highest BCUT2D eigenvalue weighted by molar-refractivity contribution is 5.95. The van der Waals surface area contributed by atoms with Crippen molar-refractivity contribution < 1.29 is 9.18 Å². The van der Waals surface area contributed by atoms with Crippen LogP contribution in [0.3, 0.4) is 0 Å². The highest BCUT2D eigenvalue weighted by atomic mass is 19.1. The van der Waals surface area contributed by atoms with Gasteiger partial charge in [-0.3, -0.25) is 14.1 Å². The molecule has 30 heavy (non-hydrogen) atoms. The van der Waals surface area contributed by atoms with E-state index in [1.165, 1.54) is 44.2 Å². The lowest BCUT2D eigenvalue weighted by Gasteiger charge is -2.40. The van der Waals surface area contributed by atoms with Gasteiger partial charge in [-0.15, -0.1) is 10.2 Å². The van der Waals surface area contributed by atoms with Crippen molar-refractivity contribution >= 4 is 11.6 Å². The molecule has 1 saturated carbocycles. The number of hydrogen-bond donors (Lipinski definition) is 0. The SMILES string of the molecule is O=C(c1ccn2c(-c3ccc(F)cc3)nnc2c1)N1CCN(C2CCCCC2)CC1. The van der Waals surface area contributed by atoms with E-state index in [0.717, 1.165) is 31.7 Å². The Labute approximate surface area is 175 Å². The molecule has 0 bridgehead atoms. The average Bonchev–Trinajstić information content (AvgIpc) is 3.23. The quantitative estimate of drug-likeness (QED) is 0.665. The third-order valence-electron chi connectivity index (χ3n) is 6.45. The molecule has 5 rings (SSSR count). The minimum atomic E-state index is -0.288. The molecule has 1 aromatic carbocycles. The van der Waals surface area contributed by atoms with Crippen molar-refractivity contribution in [3.8, 4) is 11.4 Å². The summed E-state index contributed by atoms with van der Waals surface area (Å²) in [6.45, 7) is 3.46. The number of nitrogens with zero attached hydrogens (tertiary/aromatic N) is 5. The second kappa shape index (κ2) is 8.14. The van der Waals surface area contributed by atoms with Crippen molar-refractivity contribution in [1.82, 2.24) is 24.4 Å². The standard InChI is InChI=1S/C23H26FN5O/c24-19-8-6-17(7-9-19)22-26-25-21-16-18(10-11-29(21)22)23(30)28-14-12-27(13-15-28)20-4-2-1-3-5-20/h6-11,16,20H,1-5,12-15H2. The molecular weight excluding hydrogens is 381 g/mol. The fourth-order valence-corrected chi connectivity index (χ4v) is 4.74. The van der Waals surface area contributed by atoms with Crippen molar-refractivity contribution in [3.63, 3.8) is 0 Å². The van der Waals surface area contributed by atoms with E-state index in [9.17, 15) is 9.18 Å². The van der Waals surface area contributed by atoms with E-state index in [4.69, 9.17) is 0 Å². The summed E-state index contributed by atoms with van der Waals surface area (Å²) >= 11 is 0. The monoisotopic (exact) mass is 407 g/mol. The van der Waals surface area contributed by atoms with Gasteiger partial charge in [0.05, 0.1) is 0 Å². The topological polar surface area (TPSA) is 53.7 Å². The summed E-state index contributed by atoms with van der Waals surface area (Å²) in [6.07, 6.45) is 8.45. The Morgan fingerprint density at radius 1 is 0.933 bits per heavy atom. The van der Waals surface area contributed by atoms with Crippen molar-refractivity contribution in [2.45, 2.75) is 38.1 Å². The Morgan fingerprint density at radius 3 is 2.40 bits per heavy atom. The average molecular weight is 407 g/mol. The van der Waals surface area contributed by atoms with Crippen LogP contribution >= 0.6 is 0 Å². The van der Waals surface area contributed by atoms with Gasteiger partial charge in [0.25, 0.3) is 5.91 Å². The van der Waals surface area contributed by atoms with Crippen LogP contribution in [0.5, 0.6) is 0 Å². The number of amides is 1. The Balaban J connectivity index is 1.29. The maximum atomic E-state index is 13.2. The molecule has 6 nitrogen and oxygen atoms in total. The van der Waals surface area contributed by atoms with Gasteiger partial charge in [-0.1, -0.05) is 19.3 Å². The Bertz CT molecular complexity index is 1030. The molecule has 1 aliphatic heterocycles. The number of pyridine rings is 1. The van der Waals surface area contributed by atoms with Gasteiger partial charge in [0.1, 0.15) is 5.82 Å². The summed E-state index contributed by atoms with van der Waals surface area (Å²) in [4.78, 5) is 17.6. The molecule has 1 amide bonds. The number of carbonyl (C=O) groups is 1. The van der Waals surface area contributed by atoms with Crippen LogP contribution in [0.1, 0.15) is 42.5 Å². The Morgan fingerprint density at radius 2 is 1.67 bits per heavy atom. The first kappa shape index (κ1) is 19.2. The van der Waals surface area contributed by atoms with Crippen molar-refractivity contribution in [3.05, 3.63) is 54.0 Å². The minimum absolute atomic E-state index is 0.0483. The predicted molar refractivity (Wildman–Crippen MR) is 113 cm³/mol. The van der Waals surface area contributed by atoms with Gasteiger partial charge in [-0.2, -0.15) is 0 Å². The van der Waals surface area contributed by atoms with Crippen molar-refractivity contribution in [2.24, 2.45) is 0 Å². The number of halogens is 1. The van der Waals surface area contributed by atoms with E-state index in [0.29, 0.717) is 23.1 Å². The minimum Gasteiger partial charge on any atom is -0.336 e. The first-order valence-corrected chi connectivity index (χ1v) is 10.8. The number of rotatable bonds is 3. The Hall–Kier alpha value is -2.80. The second-order valence-corrected chi connectivity index (χ2v) is 8.29. The van der Waals surface area contributed by atoms with Gasteiger partial charge in [-0.25, -0.2) is 4.39 Å². The molecule has 0 radical (unpaired) electrons. The van der Waals surface area contributed by atoms with E-state index in [1.54, 1.807) is 18.2 Å². The van der Waals surface area contributed by atoms with Crippen LogP contribution in [0.25, 0.3) is 17.0 Å². The number of aromatic nitrogens is 3. The van der Waals surface area contributed by atoms with Crippen LogP contribution in [-0.2, 0) is 0 Å². The smallest absolute Gasteiger partial charge is 0.254 e. The molecule has 0 atom stereocenters. The second-order valence-electron chi connectivity index (χ2n) is 8.29. The van der Waals surface area contributed by atoms with Gasteiger partial charge < -0.3 is 4.90 Å². The molecular formula is C23H26FN5O. The molecule has 1 saturated heterocycles. The summed E-state index contributed by atoms with van der Waals surface area (Å²) < 4.78 is 15.0. The maximum absolute atomic E-state index is 13.2. The molecule has 0 spiro atoms. The molecule has 2 aromatic heterocycles. The van der Waals surface area contributed by atoms with E-state index >= 15 is 0 Å². The van der Waals surface area contributed by atoms with Crippen molar-refractivity contribution in [2.75, 3.05) is 26.2 Å². The first-order valence-electron chi connectivity index (χ1n) is 10.8. The fraction of sp³-hybridized carbons (Fsp3) is 0.435. The Kier molecular flexibility index (Phi) is 5.21. The van der Waals surface area contributed by atoms with E-state index in [2.05, 4.69) is 15.1 Å². The molecule has 0 N–H and O–H groups in total. The van der Waals surface area contributed by atoms with Gasteiger partial charge in [0.2, 0.25) is 0 Å². The van der Waals surface area contributed by atoms with Gasteiger partial charge in [0.15, 0.2) is 11.5 Å². The third-order valence-corrected chi connectivity index (χ3v) is 6.45. The van der Waals surface area contributed by atoms with Crippen LogP contribution < -0.4 is 0 Å². The summed E-state index contributed by atoms with van der Waals surface area (Å²) in [5.41, 5.74) is 2.02. The predicted octanol–water partition coefficient (Wildman–Crippen LogP) is 3.63. The highest BCUT2D eigenvalue weighted by Gasteiger charge is 2.27. The first-order chi connectivity index (χ1) is 14.7. The third kappa shape index (κ3) is 3.69. The molecule has 1 aliphatic carbocycles. The summed E-state index contributed by atoms with van der Waals surface area (Å²) in [5, 5.41) is 8.45. The number of fused-ring (bicyclic) bond motifs is 1. The van der Waals surface area contributed by atoms with Gasteiger partial charge in [-0.05, 0) is 49.2 Å². The van der Waals surface area contributed by atoms with Crippen molar-refractivity contribution in [1.29, 1.82) is 0 Å². The summed E-state index contributed by atoms with van der Waals surface area (Å²) in [6, 6.07) is 10.5. The fourth-order valence-electron chi connectivity index (χ4n) is 4.74. The highest BCUT2D eigenvalue weighted by Crippen LogP contribution is 2.24. The molecule has 2 aliphatic rings. The normalized spacial score (nSPS) is 18.8. The van der Waals surface area contributed by atoms with E-state index < -0.39 is 0 Å². The zero-order chi connectivity index (χ0) is 20.5. The maximum Gasteiger partial charge on any atom is 0.254 e. The number of carbonyl (C=O) groups excluding carboxylic acids is 1. The molecule has 2 fully saturated rings. The van der Waals surface area contributed by atoms with Gasteiger partial charge >= 0.3 is 0 Å². The largest absolute Gasteiger partial charge is 0.336 e. The van der Waals surface area contributed by atoms with Crippen LogP contribution in [-0.4, -0.2) is 62.5 Å². The number of piperazine rings is 1. The molecule has 156 valence electrons. The zero-order valence-electron chi connectivity index (χ0n) is 17.0. The molecule has 3 heterocycles. The summed E-state index contributed by atoms with van der Waals surface area (Å²) in [5.74, 6) is 0.390. The zero-order valence-corrected chi connectivity index (χ0v) is 17.0. The number of hydrogen-bond acceptors (Lipinski definition) is 4. The molecule has 7 heteroatoms. The lowest BCUT2D eigenvalue weighted by atomic mass is 9.94. The van der Waals surface area contributed by atoms with Gasteiger partial charge in [0, 0.05) is 49.5 Å². The lowest BCUT2D eigenvalue weighted by Crippen LogP contribution is -2.52. The van der Waals surface area contributed by atoms with E-state index in [1.807, 2.05) is 21.6 Å². The van der Waals surface area contributed by atoms with Crippen LogP contribution in [0.2, 0.25) is 0 Å². The van der Waals surface area contributed by atoms with Crippen LogP contribution in [0.15, 0.2) is 42.6 Å². The molecule has 3 aromatic rings. The van der Waals surface area contributed by atoms with Crippen LogP contribution in [0, 0.1) is 5.82 Å². The molecule has 0 unspecified atom stereocenters.